The largest absolute Gasteiger partial charge is 0.481 e. The van der Waals surface area contributed by atoms with Crippen LogP contribution in [0.3, 0.4) is 0 Å². The summed E-state index contributed by atoms with van der Waals surface area (Å²) in [5.41, 5.74) is -0.00275. The fourth-order valence-corrected chi connectivity index (χ4v) is 7.05. The predicted octanol–water partition coefficient (Wildman–Crippen LogP) is 2.56. The summed E-state index contributed by atoms with van der Waals surface area (Å²) < 4.78 is 19.4. The smallest absolute Gasteiger partial charge is 0.336 e. The number of carbonyl (C=O) groups is 4. The number of benzene rings is 2. The van der Waals surface area contributed by atoms with Gasteiger partial charge in [0.15, 0.2) is 5.60 Å². The van der Waals surface area contributed by atoms with Gasteiger partial charge in [-0.2, -0.15) is 0 Å². The van der Waals surface area contributed by atoms with E-state index in [9.17, 15) is 33.8 Å². The third kappa shape index (κ3) is 7.08. The number of piperidine rings is 1. The van der Waals surface area contributed by atoms with Gasteiger partial charge in [0.2, 0.25) is 5.91 Å². The summed E-state index contributed by atoms with van der Waals surface area (Å²) in [5, 5.41) is 28.8. The zero-order chi connectivity index (χ0) is 32.5. The number of rotatable bonds is 11. The van der Waals surface area contributed by atoms with Crippen LogP contribution in [0.4, 0.5) is 10.1 Å². The molecule has 3 N–H and O–H groups in total. The van der Waals surface area contributed by atoms with E-state index in [1.807, 2.05) is 31.3 Å². The van der Waals surface area contributed by atoms with Gasteiger partial charge in [0.05, 0.1) is 31.8 Å². The molecule has 0 aliphatic carbocycles. The lowest BCUT2D eigenvalue weighted by molar-refractivity contribution is -0.178. The van der Waals surface area contributed by atoms with E-state index in [1.165, 1.54) is 6.07 Å². The number of halogens is 2. The second kappa shape index (κ2) is 12.9. The molecule has 13 heteroatoms. The van der Waals surface area contributed by atoms with E-state index in [0.29, 0.717) is 18.0 Å². The van der Waals surface area contributed by atoms with Gasteiger partial charge in [0.25, 0.3) is 0 Å². The molecule has 2 unspecified atom stereocenters. The summed E-state index contributed by atoms with van der Waals surface area (Å²) in [6, 6.07) is 12.3. The van der Waals surface area contributed by atoms with Gasteiger partial charge < -0.3 is 34.8 Å². The summed E-state index contributed by atoms with van der Waals surface area (Å²) in [6.45, 7) is 2.94. The quantitative estimate of drug-likeness (QED) is 0.312. The number of fused-ring (bicyclic) bond motifs is 2. The molecule has 3 heterocycles. The standard InChI is InChI=1S/C32H37ClFN3O8/c1-35-19-31(24-13-22(34)6-7-26(24)35)8-10-36(11-9-31)16-21(12-20-4-2-3-5-25(20)33)29(41)37-17-23(18-37)45-28(40)15-32(44,30(42)43)14-27(38)39/h2-7,13,21,23,44H,8-12,14-19H2,1H3,(H,38,39)(H,42,43). The molecule has 1 amide bonds. The molecule has 0 saturated carbocycles. The molecule has 2 aromatic rings. The Morgan fingerprint density at radius 1 is 1.09 bits per heavy atom. The highest BCUT2D eigenvalue weighted by molar-refractivity contribution is 6.31. The number of hydrogen-bond acceptors (Lipinski definition) is 8. The minimum absolute atomic E-state index is 0.0891. The molecular weight excluding hydrogens is 609 g/mol. The number of hydrogen-bond donors (Lipinski definition) is 3. The molecule has 5 rings (SSSR count). The van der Waals surface area contributed by atoms with Crippen molar-refractivity contribution in [3.63, 3.8) is 0 Å². The van der Waals surface area contributed by atoms with Crippen LogP contribution in [0.5, 0.6) is 0 Å². The first-order valence-corrected chi connectivity index (χ1v) is 15.3. The van der Waals surface area contributed by atoms with Crippen molar-refractivity contribution >= 4 is 41.1 Å². The number of carboxylic acid groups (broad SMARTS) is 2. The number of nitrogens with zero attached hydrogens (tertiary/aromatic N) is 3. The molecule has 0 aromatic heterocycles. The second-order valence-corrected chi connectivity index (χ2v) is 12.9. The Labute approximate surface area is 265 Å². The zero-order valence-corrected chi connectivity index (χ0v) is 25.7. The molecule has 45 heavy (non-hydrogen) atoms. The fraction of sp³-hybridized carbons (Fsp3) is 0.500. The van der Waals surface area contributed by atoms with Crippen molar-refractivity contribution < 1.29 is 43.6 Å². The number of ether oxygens (including phenoxy) is 1. The number of aliphatic hydroxyl groups is 1. The zero-order valence-electron chi connectivity index (χ0n) is 25.0. The van der Waals surface area contributed by atoms with E-state index in [2.05, 4.69) is 9.80 Å². The van der Waals surface area contributed by atoms with Crippen LogP contribution < -0.4 is 4.90 Å². The average molecular weight is 646 g/mol. The van der Waals surface area contributed by atoms with Crippen molar-refractivity contribution in [1.82, 2.24) is 9.80 Å². The predicted molar refractivity (Wildman–Crippen MR) is 162 cm³/mol. The SMILES string of the molecule is CN1CC2(CCN(CC(Cc3ccccc3Cl)C(=O)N3CC(OC(=O)CC(O)(CC(=O)O)C(=O)O)C3)CC2)c2cc(F)ccc21. The molecule has 11 nitrogen and oxygen atoms in total. The lowest BCUT2D eigenvalue weighted by Gasteiger charge is -2.43. The van der Waals surface area contributed by atoms with Crippen molar-refractivity contribution in [3.8, 4) is 0 Å². The molecule has 2 fully saturated rings. The van der Waals surface area contributed by atoms with Crippen molar-refractivity contribution in [3.05, 3.63) is 64.4 Å². The van der Waals surface area contributed by atoms with Gasteiger partial charge in [0.1, 0.15) is 11.9 Å². The minimum atomic E-state index is -2.79. The number of esters is 1. The average Bonchev–Trinajstić information content (AvgIpc) is 3.21. The maximum Gasteiger partial charge on any atom is 0.336 e. The van der Waals surface area contributed by atoms with Gasteiger partial charge >= 0.3 is 17.9 Å². The lowest BCUT2D eigenvalue weighted by Crippen LogP contribution is -2.58. The summed E-state index contributed by atoms with van der Waals surface area (Å²) in [4.78, 5) is 54.4. The molecule has 3 aliphatic rings. The van der Waals surface area contributed by atoms with Crippen molar-refractivity contribution in [2.24, 2.45) is 5.92 Å². The Morgan fingerprint density at radius 3 is 2.42 bits per heavy atom. The third-order valence-corrected chi connectivity index (χ3v) is 9.65. The molecule has 2 saturated heterocycles. The number of carbonyl (C=O) groups excluding carboxylic acids is 2. The Balaban J connectivity index is 1.21. The fourth-order valence-electron chi connectivity index (χ4n) is 6.83. The van der Waals surface area contributed by atoms with E-state index in [4.69, 9.17) is 21.4 Å². The second-order valence-electron chi connectivity index (χ2n) is 12.5. The summed E-state index contributed by atoms with van der Waals surface area (Å²) in [5.74, 6) is -5.30. The van der Waals surface area contributed by atoms with Gasteiger partial charge in [0, 0.05) is 36.3 Å². The summed E-state index contributed by atoms with van der Waals surface area (Å²) in [6.07, 6.45) is -0.843. The van der Waals surface area contributed by atoms with Crippen LogP contribution in [-0.2, 0) is 35.8 Å². The highest BCUT2D eigenvalue weighted by Crippen LogP contribution is 2.46. The van der Waals surface area contributed by atoms with Crippen LogP contribution in [0.15, 0.2) is 42.5 Å². The molecule has 242 valence electrons. The van der Waals surface area contributed by atoms with Crippen molar-refractivity contribution in [2.75, 3.05) is 51.2 Å². The number of amides is 1. The first kappa shape index (κ1) is 32.6. The highest BCUT2D eigenvalue weighted by Gasteiger charge is 2.46. The molecule has 2 aromatic carbocycles. The van der Waals surface area contributed by atoms with E-state index in [1.54, 1.807) is 17.0 Å². The number of likely N-dealkylation sites (N-methyl/N-ethyl adjacent to an activating group) is 1. The molecule has 3 aliphatic heterocycles. The Hall–Kier alpha value is -3.74. The maximum absolute atomic E-state index is 14.2. The molecule has 1 spiro atoms. The summed E-state index contributed by atoms with van der Waals surface area (Å²) >= 11 is 6.46. The Bertz CT molecular complexity index is 1480. The van der Waals surface area contributed by atoms with Crippen LogP contribution in [0.1, 0.15) is 36.8 Å². The van der Waals surface area contributed by atoms with Crippen LogP contribution >= 0.6 is 11.6 Å². The van der Waals surface area contributed by atoms with E-state index in [-0.39, 0.29) is 30.2 Å². The molecule has 2 atom stereocenters. The monoisotopic (exact) mass is 645 g/mol. The third-order valence-electron chi connectivity index (χ3n) is 9.28. The molecule has 0 radical (unpaired) electrons. The first-order chi connectivity index (χ1) is 21.3. The van der Waals surface area contributed by atoms with Crippen LogP contribution in [0.25, 0.3) is 0 Å². The Kier molecular flexibility index (Phi) is 9.39. The van der Waals surface area contributed by atoms with Crippen molar-refractivity contribution in [2.45, 2.75) is 49.2 Å². The van der Waals surface area contributed by atoms with Crippen LogP contribution in [0.2, 0.25) is 5.02 Å². The van der Waals surface area contributed by atoms with Crippen LogP contribution in [0, 0.1) is 11.7 Å². The van der Waals surface area contributed by atoms with Gasteiger partial charge in [-0.05, 0) is 67.7 Å². The molecule has 0 bridgehead atoms. The van der Waals surface area contributed by atoms with Gasteiger partial charge in [-0.3, -0.25) is 14.4 Å². The summed E-state index contributed by atoms with van der Waals surface area (Å²) in [7, 11) is 2.02. The van der Waals surface area contributed by atoms with E-state index >= 15 is 0 Å². The maximum atomic E-state index is 14.2. The number of anilines is 1. The van der Waals surface area contributed by atoms with Crippen LogP contribution in [-0.4, -0.2) is 107 Å². The number of aliphatic carboxylic acids is 2. The first-order valence-electron chi connectivity index (χ1n) is 14.9. The van der Waals surface area contributed by atoms with Gasteiger partial charge in [-0.25, -0.2) is 9.18 Å². The lowest BCUT2D eigenvalue weighted by atomic mass is 9.74. The van der Waals surface area contributed by atoms with E-state index in [0.717, 1.165) is 49.3 Å². The van der Waals surface area contributed by atoms with Crippen molar-refractivity contribution in [1.29, 1.82) is 0 Å². The number of likely N-dealkylation sites (tertiary alicyclic amines) is 2. The van der Waals surface area contributed by atoms with Gasteiger partial charge in [-0.15, -0.1) is 0 Å². The number of carboxylic acids is 2. The topological polar surface area (TPSA) is 148 Å². The normalized spacial score (nSPS) is 19.8. The Morgan fingerprint density at radius 2 is 1.78 bits per heavy atom. The van der Waals surface area contributed by atoms with E-state index < -0.39 is 48.4 Å². The van der Waals surface area contributed by atoms with Gasteiger partial charge in [-0.1, -0.05) is 29.8 Å². The highest BCUT2D eigenvalue weighted by atomic mass is 35.5. The molecular formula is C32H37ClFN3O8. The minimum Gasteiger partial charge on any atom is -0.481 e.